The lowest BCUT2D eigenvalue weighted by molar-refractivity contribution is -0.133. The Bertz CT molecular complexity index is 1010. The lowest BCUT2D eigenvalue weighted by Gasteiger charge is -2.32. The van der Waals surface area contributed by atoms with Crippen LogP contribution in [-0.4, -0.2) is 34.8 Å². The Balaban J connectivity index is 1.40. The molecule has 1 atom stereocenters. The SMILES string of the molecule is O=C(Nc1cccc(F)c1)C1CCCN(C(=O)Cc2c[nH]c3ccccc23)C1. The number of hydrogen-bond donors (Lipinski definition) is 2. The molecule has 144 valence electrons. The van der Waals surface area contributed by atoms with Gasteiger partial charge in [0.1, 0.15) is 5.82 Å². The summed E-state index contributed by atoms with van der Waals surface area (Å²) in [6.45, 7) is 1.05. The van der Waals surface area contributed by atoms with Gasteiger partial charge < -0.3 is 15.2 Å². The molecule has 5 nitrogen and oxygen atoms in total. The van der Waals surface area contributed by atoms with Crippen molar-refractivity contribution in [1.29, 1.82) is 0 Å². The van der Waals surface area contributed by atoms with E-state index in [0.29, 0.717) is 25.2 Å². The van der Waals surface area contributed by atoms with Crippen LogP contribution >= 0.6 is 0 Å². The van der Waals surface area contributed by atoms with Gasteiger partial charge in [-0.15, -0.1) is 0 Å². The van der Waals surface area contributed by atoms with Crippen LogP contribution in [0.25, 0.3) is 10.9 Å². The molecule has 2 heterocycles. The fourth-order valence-corrected chi connectivity index (χ4v) is 3.78. The van der Waals surface area contributed by atoms with Crippen LogP contribution in [0.2, 0.25) is 0 Å². The summed E-state index contributed by atoms with van der Waals surface area (Å²) in [5, 5.41) is 3.81. The number of benzene rings is 2. The minimum atomic E-state index is -0.392. The van der Waals surface area contributed by atoms with Crippen molar-refractivity contribution >= 4 is 28.4 Å². The number of aromatic amines is 1. The van der Waals surface area contributed by atoms with Crippen LogP contribution in [0, 0.1) is 11.7 Å². The Kier molecular flexibility index (Phi) is 5.10. The van der Waals surface area contributed by atoms with E-state index in [1.54, 1.807) is 17.0 Å². The van der Waals surface area contributed by atoms with E-state index in [1.165, 1.54) is 12.1 Å². The molecule has 28 heavy (non-hydrogen) atoms. The van der Waals surface area contributed by atoms with Gasteiger partial charge >= 0.3 is 0 Å². The maximum absolute atomic E-state index is 13.3. The number of nitrogens with zero attached hydrogens (tertiary/aromatic N) is 1. The summed E-state index contributed by atoms with van der Waals surface area (Å²) >= 11 is 0. The molecule has 2 amide bonds. The van der Waals surface area contributed by atoms with E-state index < -0.39 is 5.82 Å². The van der Waals surface area contributed by atoms with E-state index in [9.17, 15) is 14.0 Å². The largest absolute Gasteiger partial charge is 0.361 e. The molecule has 3 aromatic rings. The number of carbonyl (C=O) groups is 2. The third-order valence-corrected chi connectivity index (χ3v) is 5.25. The quantitative estimate of drug-likeness (QED) is 0.726. The van der Waals surface area contributed by atoms with Crippen molar-refractivity contribution in [3.05, 3.63) is 66.1 Å². The zero-order chi connectivity index (χ0) is 19.5. The van der Waals surface area contributed by atoms with Crippen molar-refractivity contribution in [1.82, 2.24) is 9.88 Å². The maximum atomic E-state index is 13.3. The molecule has 0 spiro atoms. The van der Waals surface area contributed by atoms with E-state index in [2.05, 4.69) is 10.3 Å². The zero-order valence-electron chi connectivity index (χ0n) is 15.5. The van der Waals surface area contributed by atoms with Gasteiger partial charge in [0, 0.05) is 35.9 Å². The van der Waals surface area contributed by atoms with Gasteiger partial charge in [0.05, 0.1) is 12.3 Å². The fraction of sp³-hybridized carbons (Fsp3) is 0.273. The van der Waals surface area contributed by atoms with E-state index in [1.807, 2.05) is 30.5 Å². The second-order valence-electron chi connectivity index (χ2n) is 7.21. The Hall–Kier alpha value is -3.15. The third-order valence-electron chi connectivity index (χ3n) is 5.25. The number of halogens is 1. The van der Waals surface area contributed by atoms with Crippen molar-refractivity contribution in [3.8, 4) is 0 Å². The number of anilines is 1. The Morgan fingerprint density at radius 1 is 1.18 bits per heavy atom. The first-order valence-corrected chi connectivity index (χ1v) is 9.49. The number of nitrogens with one attached hydrogen (secondary N) is 2. The minimum Gasteiger partial charge on any atom is -0.361 e. The highest BCUT2D eigenvalue weighted by Gasteiger charge is 2.28. The highest BCUT2D eigenvalue weighted by atomic mass is 19.1. The number of para-hydroxylation sites is 1. The number of H-pyrrole nitrogens is 1. The van der Waals surface area contributed by atoms with Crippen molar-refractivity contribution in [3.63, 3.8) is 0 Å². The van der Waals surface area contributed by atoms with Crippen LogP contribution in [-0.2, 0) is 16.0 Å². The maximum Gasteiger partial charge on any atom is 0.229 e. The predicted molar refractivity (Wildman–Crippen MR) is 106 cm³/mol. The molecule has 4 rings (SSSR count). The highest BCUT2D eigenvalue weighted by Crippen LogP contribution is 2.22. The second-order valence-corrected chi connectivity index (χ2v) is 7.21. The first-order valence-electron chi connectivity index (χ1n) is 9.49. The summed E-state index contributed by atoms with van der Waals surface area (Å²) in [4.78, 5) is 30.3. The van der Waals surface area contributed by atoms with Gasteiger partial charge in [0.15, 0.2) is 0 Å². The molecule has 2 aromatic carbocycles. The molecule has 1 fully saturated rings. The van der Waals surface area contributed by atoms with E-state index in [-0.39, 0.29) is 17.7 Å². The average Bonchev–Trinajstić information content (AvgIpc) is 3.11. The van der Waals surface area contributed by atoms with Crippen LogP contribution < -0.4 is 5.32 Å². The number of amides is 2. The molecule has 1 unspecified atom stereocenters. The molecule has 1 aromatic heterocycles. The highest BCUT2D eigenvalue weighted by molar-refractivity contribution is 5.93. The van der Waals surface area contributed by atoms with Crippen LogP contribution in [0.3, 0.4) is 0 Å². The van der Waals surface area contributed by atoms with Gasteiger partial charge in [-0.2, -0.15) is 0 Å². The summed E-state index contributed by atoms with van der Waals surface area (Å²) in [7, 11) is 0. The molecule has 1 aliphatic heterocycles. The van der Waals surface area contributed by atoms with Gasteiger partial charge in [0.25, 0.3) is 0 Å². The molecule has 6 heteroatoms. The summed E-state index contributed by atoms with van der Waals surface area (Å²) in [5.41, 5.74) is 2.41. The van der Waals surface area contributed by atoms with Gasteiger partial charge in [-0.1, -0.05) is 24.3 Å². The number of hydrogen-bond acceptors (Lipinski definition) is 2. The normalized spacial score (nSPS) is 16.9. The number of rotatable bonds is 4. The van der Waals surface area contributed by atoms with E-state index in [4.69, 9.17) is 0 Å². The molecule has 0 bridgehead atoms. The Morgan fingerprint density at radius 2 is 2.04 bits per heavy atom. The van der Waals surface area contributed by atoms with Crippen LogP contribution in [0.5, 0.6) is 0 Å². The van der Waals surface area contributed by atoms with Gasteiger partial charge in [-0.05, 0) is 42.7 Å². The van der Waals surface area contributed by atoms with Gasteiger partial charge in [-0.25, -0.2) is 4.39 Å². The van der Waals surface area contributed by atoms with Crippen LogP contribution in [0.4, 0.5) is 10.1 Å². The standard InChI is InChI=1S/C22H22FN3O2/c23-17-6-3-7-18(12-17)25-22(28)15-5-4-10-26(14-15)21(27)11-16-13-24-20-9-2-1-8-19(16)20/h1-3,6-9,12-13,15,24H,4-5,10-11,14H2,(H,25,28). The topological polar surface area (TPSA) is 65.2 Å². The smallest absolute Gasteiger partial charge is 0.229 e. The summed E-state index contributed by atoms with van der Waals surface area (Å²) in [6.07, 6.45) is 3.68. The molecule has 0 radical (unpaired) electrons. The van der Waals surface area contributed by atoms with Crippen LogP contribution in [0.1, 0.15) is 18.4 Å². The van der Waals surface area contributed by atoms with Crippen molar-refractivity contribution in [2.24, 2.45) is 5.92 Å². The third kappa shape index (κ3) is 3.91. The van der Waals surface area contributed by atoms with Crippen molar-refractivity contribution < 1.29 is 14.0 Å². The number of fused-ring (bicyclic) bond motifs is 1. The molecular weight excluding hydrogens is 357 g/mol. The average molecular weight is 379 g/mol. The number of aromatic nitrogens is 1. The zero-order valence-corrected chi connectivity index (χ0v) is 15.5. The number of piperidine rings is 1. The molecule has 0 aliphatic carbocycles. The lowest BCUT2D eigenvalue weighted by Crippen LogP contribution is -2.44. The van der Waals surface area contributed by atoms with Gasteiger partial charge in [0.2, 0.25) is 11.8 Å². The van der Waals surface area contributed by atoms with Crippen molar-refractivity contribution in [2.75, 3.05) is 18.4 Å². The predicted octanol–water partition coefficient (Wildman–Crippen LogP) is 3.73. The minimum absolute atomic E-state index is 0.0213. The van der Waals surface area contributed by atoms with E-state index in [0.717, 1.165) is 29.3 Å². The fourth-order valence-electron chi connectivity index (χ4n) is 3.78. The molecule has 0 saturated carbocycles. The summed E-state index contributed by atoms with van der Waals surface area (Å²) < 4.78 is 13.3. The summed E-state index contributed by atoms with van der Waals surface area (Å²) in [5.74, 6) is -0.830. The molecule has 1 saturated heterocycles. The van der Waals surface area contributed by atoms with Crippen LogP contribution in [0.15, 0.2) is 54.7 Å². The first kappa shape index (κ1) is 18.2. The Morgan fingerprint density at radius 3 is 2.89 bits per heavy atom. The second kappa shape index (κ2) is 7.84. The van der Waals surface area contributed by atoms with Gasteiger partial charge in [-0.3, -0.25) is 9.59 Å². The first-order chi connectivity index (χ1) is 13.6. The number of carbonyl (C=O) groups excluding carboxylic acids is 2. The van der Waals surface area contributed by atoms with Crippen molar-refractivity contribution in [2.45, 2.75) is 19.3 Å². The number of likely N-dealkylation sites (tertiary alicyclic amines) is 1. The summed E-state index contributed by atoms with van der Waals surface area (Å²) in [6, 6.07) is 13.7. The monoisotopic (exact) mass is 379 g/mol. The molecule has 2 N–H and O–H groups in total. The lowest BCUT2D eigenvalue weighted by atomic mass is 9.96. The Labute approximate surface area is 162 Å². The molecule has 1 aliphatic rings. The molecular formula is C22H22FN3O2. The van der Waals surface area contributed by atoms with E-state index >= 15 is 0 Å².